The van der Waals surface area contributed by atoms with Crippen LogP contribution >= 0.6 is 22.9 Å². The fourth-order valence-electron chi connectivity index (χ4n) is 3.46. The van der Waals surface area contributed by atoms with Gasteiger partial charge in [0, 0.05) is 22.5 Å². The van der Waals surface area contributed by atoms with Gasteiger partial charge >= 0.3 is 0 Å². The zero-order chi connectivity index (χ0) is 22.7. The van der Waals surface area contributed by atoms with E-state index in [2.05, 4.69) is 27.1 Å². The van der Waals surface area contributed by atoms with E-state index in [1.807, 2.05) is 31.4 Å². The van der Waals surface area contributed by atoms with Crippen LogP contribution in [0.2, 0.25) is 5.02 Å². The molecule has 0 unspecified atom stereocenters. The predicted molar refractivity (Wildman–Crippen MR) is 129 cm³/mol. The summed E-state index contributed by atoms with van der Waals surface area (Å²) in [5, 5.41) is 3.80. The molecule has 32 heavy (non-hydrogen) atoms. The second-order valence-electron chi connectivity index (χ2n) is 7.68. The van der Waals surface area contributed by atoms with E-state index < -0.39 is 0 Å². The summed E-state index contributed by atoms with van der Waals surface area (Å²) < 4.78 is 0. The number of amides is 1. The molecule has 0 aliphatic heterocycles. The van der Waals surface area contributed by atoms with Crippen molar-refractivity contribution in [1.29, 1.82) is 0 Å². The molecule has 0 radical (unpaired) electrons. The number of aromatic amines is 1. The molecule has 0 bridgehead atoms. The minimum Gasteiger partial charge on any atom is -0.335 e. The Kier molecular flexibility index (Phi) is 6.67. The van der Waals surface area contributed by atoms with Gasteiger partial charge in [-0.2, -0.15) is 0 Å². The van der Waals surface area contributed by atoms with Crippen molar-refractivity contribution in [1.82, 2.24) is 19.9 Å². The van der Waals surface area contributed by atoms with E-state index in [1.54, 1.807) is 23.1 Å². The van der Waals surface area contributed by atoms with Crippen molar-refractivity contribution in [3.63, 3.8) is 0 Å². The molecule has 164 valence electrons. The van der Waals surface area contributed by atoms with Crippen LogP contribution in [0.1, 0.15) is 30.4 Å². The van der Waals surface area contributed by atoms with Gasteiger partial charge in [0.05, 0.1) is 29.6 Å². The number of aromatic nitrogens is 3. The van der Waals surface area contributed by atoms with Gasteiger partial charge < -0.3 is 9.88 Å². The second-order valence-corrected chi connectivity index (χ2v) is 8.97. The van der Waals surface area contributed by atoms with Crippen molar-refractivity contribution < 1.29 is 4.79 Å². The first-order chi connectivity index (χ1) is 15.4. The van der Waals surface area contributed by atoms with E-state index in [0.29, 0.717) is 28.3 Å². The summed E-state index contributed by atoms with van der Waals surface area (Å²) in [5.41, 5.74) is 3.25. The van der Waals surface area contributed by atoms with Crippen LogP contribution in [0.5, 0.6) is 0 Å². The molecule has 0 saturated heterocycles. The number of aryl methyl sites for hydroxylation is 1. The van der Waals surface area contributed by atoms with Crippen LogP contribution in [0.25, 0.3) is 21.5 Å². The Morgan fingerprint density at radius 2 is 1.94 bits per heavy atom. The van der Waals surface area contributed by atoms with E-state index in [0.717, 1.165) is 22.7 Å². The number of carbonyl (C=O) groups is 1. The smallest absolute Gasteiger partial charge is 0.258 e. The quantitative estimate of drug-likeness (QED) is 0.416. The van der Waals surface area contributed by atoms with Crippen molar-refractivity contribution in [3.8, 4) is 10.6 Å². The van der Waals surface area contributed by atoms with Gasteiger partial charge in [-0.1, -0.05) is 48.4 Å². The van der Waals surface area contributed by atoms with E-state index in [4.69, 9.17) is 11.6 Å². The molecule has 8 heteroatoms. The predicted octanol–water partition coefficient (Wildman–Crippen LogP) is 4.99. The van der Waals surface area contributed by atoms with E-state index >= 15 is 0 Å². The lowest BCUT2D eigenvalue weighted by atomic mass is 10.2. The highest BCUT2D eigenvalue weighted by atomic mass is 35.5. The summed E-state index contributed by atoms with van der Waals surface area (Å²) in [4.78, 5) is 39.1. The first-order valence-corrected chi connectivity index (χ1v) is 11.7. The maximum atomic E-state index is 13.0. The summed E-state index contributed by atoms with van der Waals surface area (Å²) in [7, 11) is 0. The Morgan fingerprint density at radius 3 is 2.69 bits per heavy atom. The number of rotatable bonds is 7. The van der Waals surface area contributed by atoms with E-state index in [9.17, 15) is 9.59 Å². The van der Waals surface area contributed by atoms with Crippen LogP contribution in [0, 0.1) is 6.92 Å². The zero-order valence-corrected chi connectivity index (χ0v) is 19.5. The third kappa shape index (κ3) is 5.06. The normalized spacial score (nSPS) is 11.1. The van der Waals surface area contributed by atoms with Crippen LogP contribution < -0.4 is 5.56 Å². The molecule has 4 aromatic rings. The number of benzene rings is 2. The lowest BCUT2D eigenvalue weighted by Crippen LogP contribution is -2.34. The summed E-state index contributed by atoms with van der Waals surface area (Å²) >= 11 is 7.58. The maximum Gasteiger partial charge on any atom is 0.258 e. The highest BCUT2D eigenvalue weighted by Gasteiger charge is 2.18. The summed E-state index contributed by atoms with van der Waals surface area (Å²) in [6, 6.07) is 13.1. The third-order valence-electron chi connectivity index (χ3n) is 5.09. The first-order valence-electron chi connectivity index (χ1n) is 10.4. The molecule has 0 atom stereocenters. The zero-order valence-electron chi connectivity index (χ0n) is 17.9. The minimum atomic E-state index is -0.243. The average Bonchev–Trinajstić information content (AvgIpc) is 3.22. The molecule has 0 fully saturated rings. The Morgan fingerprint density at radius 1 is 1.16 bits per heavy atom. The number of halogens is 1. The van der Waals surface area contributed by atoms with Crippen LogP contribution in [-0.4, -0.2) is 32.3 Å². The lowest BCUT2D eigenvalue weighted by molar-refractivity contribution is -0.131. The fraction of sp³-hybridized carbons (Fsp3) is 0.250. The molecule has 2 heterocycles. The first kappa shape index (κ1) is 22.2. The summed E-state index contributed by atoms with van der Waals surface area (Å²) in [6.45, 7) is 4.84. The van der Waals surface area contributed by atoms with Gasteiger partial charge in [-0.3, -0.25) is 9.59 Å². The number of nitrogens with zero attached hydrogens (tertiary/aromatic N) is 3. The number of thiazole rings is 1. The largest absolute Gasteiger partial charge is 0.335 e. The Balaban J connectivity index is 1.52. The van der Waals surface area contributed by atoms with Gasteiger partial charge in [-0.25, -0.2) is 9.97 Å². The van der Waals surface area contributed by atoms with Crippen LogP contribution in [0.4, 0.5) is 0 Å². The highest BCUT2D eigenvalue weighted by Crippen LogP contribution is 2.24. The van der Waals surface area contributed by atoms with Gasteiger partial charge in [0.15, 0.2) is 0 Å². The van der Waals surface area contributed by atoms with Crippen LogP contribution in [0.15, 0.2) is 52.6 Å². The summed E-state index contributed by atoms with van der Waals surface area (Å²) in [6.07, 6.45) is 0.993. The topological polar surface area (TPSA) is 79.0 Å². The van der Waals surface area contributed by atoms with Crippen molar-refractivity contribution in [2.24, 2.45) is 0 Å². The van der Waals surface area contributed by atoms with Crippen LogP contribution in [0.3, 0.4) is 0 Å². The monoisotopic (exact) mass is 466 g/mol. The van der Waals surface area contributed by atoms with Crippen molar-refractivity contribution in [2.75, 3.05) is 6.54 Å². The Bertz CT molecular complexity index is 1310. The van der Waals surface area contributed by atoms with E-state index in [1.165, 1.54) is 16.9 Å². The third-order valence-corrected chi connectivity index (χ3v) is 6.26. The maximum absolute atomic E-state index is 13.0. The van der Waals surface area contributed by atoms with Gasteiger partial charge in [0.1, 0.15) is 10.8 Å². The molecular weight excluding hydrogens is 444 g/mol. The number of fused-ring (bicyclic) bond motifs is 1. The van der Waals surface area contributed by atoms with E-state index in [-0.39, 0.29) is 24.4 Å². The molecule has 0 spiro atoms. The standard InChI is InChI=1S/C24H23ClN4O2S/c1-3-10-29(13-21-27-20-11-17(25)8-9-19(20)23(31)28-21)22(30)12-18-14-32-24(26-18)16-6-4-15(2)5-7-16/h4-9,11,14H,3,10,12-13H2,1-2H3,(H,27,28,31). The van der Waals surface area contributed by atoms with Crippen LogP contribution in [-0.2, 0) is 17.8 Å². The summed E-state index contributed by atoms with van der Waals surface area (Å²) in [5.74, 6) is 0.381. The number of nitrogens with one attached hydrogen (secondary N) is 1. The average molecular weight is 467 g/mol. The molecule has 1 amide bonds. The molecule has 0 aliphatic rings. The molecule has 1 N–H and O–H groups in total. The molecule has 4 rings (SSSR count). The molecule has 2 aromatic heterocycles. The SMILES string of the molecule is CCCN(Cc1nc2cc(Cl)ccc2c(=O)[nH]1)C(=O)Cc1csc(-c2ccc(C)cc2)n1. The second kappa shape index (κ2) is 9.63. The lowest BCUT2D eigenvalue weighted by Gasteiger charge is -2.21. The molecule has 2 aromatic carbocycles. The Labute approximate surface area is 194 Å². The van der Waals surface area contributed by atoms with Gasteiger partial charge in [-0.05, 0) is 31.5 Å². The van der Waals surface area contributed by atoms with Crippen molar-refractivity contribution in [3.05, 3.63) is 80.3 Å². The molecule has 6 nitrogen and oxygen atoms in total. The van der Waals surface area contributed by atoms with Crippen molar-refractivity contribution in [2.45, 2.75) is 33.2 Å². The fourth-order valence-corrected chi connectivity index (χ4v) is 4.45. The number of H-pyrrole nitrogens is 1. The molecule has 0 aliphatic carbocycles. The van der Waals surface area contributed by atoms with Crippen molar-refractivity contribution >= 4 is 39.7 Å². The van der Waals surface area contributed by atoms with Gasteiger partial charge in [-0.15, -0.1) is 11.3 Å². The number of hydrogen-bond acceptors (Lipinski definition) is 5. The molecular formula is C24H23ClN4O2S. The van der Waals surface area contributed by atoms with Gasteiger partial charge in [0.25, 0.3) is 5.56 Å². The highest BCUT2D eigenvalue weighted by molar-refractivity contribution is 7.13. The van der Waals surface area contributed by atoms with Gasteiger partial charge in [0.2, 0.25) is 5.91 Å². The minimum absolute atomic E-state index is 0.0542. The number of carbonyl (C=O) groups excluding carboxylic acids is 1. The number of hydrogen-bond donors (Lipinski definition) is 1. The molecule has 0 saturated carbocycles. The Hall–Kier alpha value is -3.03.